The number of carbonyl (C=O) groups is 2. The highest BCUT2D eigenvalue weighted by molar-refractivity contribution is 6.42. The number of unbranched alkanes of at least 4 members (excludes halogenated alkanes) is 5. The third kappa shape index (κ3) is 10.2. The Balaban J connectivity index is 1.53. The summed E-state index contributed by atoms with van der Waals surface area (Å²) < 4.78 is 0. The minimum Gasteiger partial charge on any atom is -0.366 e. The fraction of sp³-hybridized carbons (Fsp3) is 0.591. The van der Waals surface area contributed by atoms with Gasteiger partial charge >= 0.3 is 0 Å². The minimum atomic E-state index is -0.0983. The van der Waals surface area contributed by atoms with Crippen molar-refractivity contribution in [3.8, 4) is 0 Å². The van der Waals surface area contributed by atoms with Gasteiger partial charge in [-0.25, -0.2) is 0 Å². The first-order chi connectivity index (χ1) is 15.5. The molecule has 0 bridgehead atoms. The Bertz CT molecular complexity index is 779. The van der Waals surface area contributed by atoms with E-state index < -0.39 is 0 Å². The van der Waals surface area contributed by atoms with E-state index in [-0.39, 0.29) is 11.8 Å². The van der Waals surface area contributed by atoms with E-state index in [4.69, 9.17) is 31.2 Å². The quantitative estimate of drug-likeness (QED) is 0.278. The molecule has 0 atom stereocenters. The average molecular weight is 480 g/mol. The number of amides is 2. The smallest absolute Gasteiger partial charge is 0.225 e. The summed E-state index contributed by atoms with van der Waals surface area (Å²) in [5.74, 6) is 0.582. The topological polar surface area (TPSA) is 85.8 Å². The first kappa shape index (κ1) is 26.5. The van der Waals surface area contributed by atoms with E-state index in [0.29, 0.717) is 54.7 Å². The van der Waals surface area contributed by atoms with Crippen LogP contribution in [0.1, 0.15) is 64.2 Å². The summed E-state index contributed by atoms with van der Waals surface area (Å²) in [7, 11) is 5.23. The molecule has 1 aliphatic rings. The predicted octanol–water partition coefficient (Wildman–Crippen LogP) is 3.93. The number of benzene rings is 1. The third-order valence-corrected chi connectivity index (χ3v) is 5.90. The fourth-order valence-electron chi connectivity index (χ4n) is 3.39. The summed E-state index contributed by atoms with van der Waals surface area (Å²) in [4.78, 5) is 24.0. The number of amidine groups is 1. The number of halogens is 2. The number of carbonyl (C=O) groups excluding carboxylic acids is 2. The summed E-state index contributed by atoms with van der Waals surface area (Å²) in [6.45, 7) is 2.01. The van der Waals surface area contributed by atoms with Crippen LogP contribution in [0.25, 0.3) is 0 Å². The molecule has 1 heterocycles. The van der Waals surface area contributed by atoms with Gasteiger partial charge in [-0.15, -0.1) is 0 Å². The van der Waals surface area contributed by atoms with E-state index in [1.807, 2.05) is 6.07 Å². The van der Waals surface area contributed by atoms with Gasteiger partial charge in [0.2, 0.25) is 11.8 Å². The zero-order valence-electron chi connectivity index (χ0n) is 18.5. The van der Waals surface area contributed by atoms with Crippen molar-refractivity contribution in [3.05, 3.63) is 28.2 Å². The molecule has 1 aromatic rings. The molecule has 2 amide bonds. The standard InChI is InChI=1S/C22H32BCl2N5O2/c23-27-14-6-4-2-1-3-5-8-21(31)26-13-7-9-22(32)28-20-12-15-30(29-20)17-10-11-18(24)19(25)16-17/h10-11,16,27H,1-9,12-15H2,(H,26,31)(H,28,29,32). The Kier molecular flexibility index (Phi) is 12.5. The zero-order valence-corrected chi connectivity index (χ0v) is 20.0. The van der Waals surface area contributed by atoms with Crippen molar-refractivity contribution in [2.45, 2.75) is 64.2 Å². The van der Waals surface area contributed by atoms with Crippen LogP contribution in [0.4, 0.5) is 5.69 Å². The van der Waals surface area contributed by atoms with Gasteiger partial charge in [-0.1, -0.05) is 48.9 Å². The lowest BCUT2D eigenvalue weighted by molar-refractivity contribution is -0.122. The van der Waals surface area contributed by atoms with Crippen LogP contribution in [0.2, 0.25) is 10.0 Å². The van der Waals surface area contributed by atoms with E-state index in [2.05, 4.69) is 21.0 Å². The van der Waals surface area contributed by atoms with E-state index >= 15 is 0 Å². The van der Waals surface area contributed by atoms with Crippen molar-refractivity contribution < 1.29 is 9.59 Å². The highest BCUT2D eigenvalue weighted by Crippen LogP contribution is 2.28. The minimum absolute atomic E-state index is 0.0511. The second kappa shape index (κ2) is 15.1. The molecule has 0 fully saturated rings. The maximum absolute atomic E-state index is 12.2. The number of hydrogen-bond acceptors (Lipinski definition) is 5. The SMILES string of the molecule is [B]NCCCCCCCCC(=O)NCCCC(=O)NC1=NN(c2ccc(Cl)c(Cl)c2)CC1. The van der Waals surface area contributed by atoms with Gasteiger partial charge in [0.15, 0.2) is 7.98 Å². The Hall–Kier alpha value is -1.77. The van der Waals surface area contributed by atoms with Crippen LogP contribution in [0, 0.1) is 0 Å². The summed E-state index contributed by atoms with van der Waals surface area (Å²) in [6.07, 6.45) is 8.65. The van der Waals surface area contributed by atoms with E-state index in [1.165, 1.54) is 12.8 Å². The molecule has 7 nitrogen and oxygen atoms in total. The van der Waals surface area contributed by atoms with Gasteiger partial charge < -0.3 is 15.9 Å². The molecular weight excluding hydrogens is 448 g/mol. The second-order valence-electron chi connectivity index (χ2n) is 7.85. The van der Waals surface area contributed by atoms with Crippen LogP contribution >= 0.6 is 23.2 Å². The van der Waals surface area contributed by atoms with E-state index in [1.54, 1.807) is 17.1 Å². The molecule has 0 unspecified atom stereocenters. The number of hydrazone groups is 1. The summed E-state index contributed by atoms with van der Waals surface area (Å²) in [6, 6.07) is 5.32. The molecule has 10 heteroatoms. The van der Waals surface area contributed by atoms with Crippen LogP contribution in [-0.4, -0.2) is 45.3 Å². The van der Waals surface area contributed by atoms with Gasteiger partial charge in [-0.3, -0.25) is 14.6 Å². The highest BCUT2D eigenvalue weighted by atomic mass is 35.5. The molecule has 3 N–H and O–H groups in total. The number of hydrogen-bond donors (Lipinski definition) is 3. The first-order valence-corrected chi connectivity index (χ1v) is 12.1. The zero-order chi connectivity index (χ0) is 23.2. The molecule has 32 heavy (non-hydrogen) atoms. The molecule has 0 spiro atoms. The Morgan fingerprint density at radius 3 is 2.41 bits per heavy atom. The maximum Gasteiger partial charge on any atom is 0.225 e. The monoisotopic (exact) mass is 479 g/mol. The molecule has 1 aromatic carbocycles. The first-order valence-electron chi connectivity index (χ1n) is 11.3. The lowest BCUT2D eigenvalue weighted by Crippen LogP contribution is -2.30. The van der Waals surface area contributed by atoms with Crippen molar-refractivity contribution >= 4 is 54.5 Å². The average Bonchev–Trinajstić information content (AvgIpc) is 3.23. The molecule has 0 saturated carbocycles. The molecule has 0 saturated heterocycles. The number of rotatable bonds is 14. The van der Waals surface area contributed by atoms with Crippen molar-refractivity contribution in [2.24, 2.45) is 5.10 Å². The summed E-state index contributed by atoms with van der Waals surface area (Å²) >= 11 is 12.0. The van der Waals surface area contributed by atoms with E-state index in [0.717, 1.165) is 37.9 Å². The fourth-order valence-corrected chi connectivity index (χ4v) is 3.68. The van der Waals surface area contributed by atoms with Crippen molar-refractivity contribution in [2.75, 3.05) is 24.6 Å². The molecule has 1 aliphatic heterocycles. The molecular formula is C22H32BCl2N5O2. The van der Waals surface area contributed by atoms with Crippen LogP contribution in [0.15, 0.2) is 23.3 Å². The molecule has 2 rings (SSSR count). The van der Waals surface area contributed by atoms with Crippen LogP contribution in [-0.2, 0) is 9.59 Å². The lowest BCUT2D eigenvalue weighted by atomic mass is 10.1. The molecule has 2 radical (unpaired) electrons. The molecule has 0 aliphatic carbocycles. The number of nitrogens with one attached hydrogen (secondary N) is 3. The largest absolute Gasteiger partial charge is 0.366 e. The van der Waals surface area contributed by atoms with Crippen molar-refractivity contribution in [1.82, 2.24) is 15.9 Å². The van der Waals surface area contributed by atoms with Gasteiger partial charge in [-0.05, 0) is 44.0 Å². The number of anilines is 1. The van der Waals surface area contributed by atoms with E-state index in [9.17, 15) is 9.59 Å². The Morgan fingerprint density at radius 2 is 1.66 bits per heavy atom. The van der Waals surface area contributed by atoms with Gasteiger partial charge in [0.05, 0.1) is 15.7 Å². The van der Waals surface area contributed by atoms with Gasteiger partial charge in [-0.2, -0.15) is 5.10 Å². The van der Waals surface area contributed by atoms with Gasteiger partial charge in [0.25, 0.3) is 0 Å². The van der Waals surface area contributed by atoms with Crippen molar-refractivity contribution in [3.63, 3.8) is 0 Å². The third-order valence-electron chi connectivity index (χ3n) is 5.16. The molecule has 174 valence electrons. The number of nitrogens with zero attached hydrogens (tertiary/aromatic N) is 2. The van der Waals surface area contributed by atoms with Crippen LogP contribution < -0.4 is 20.9 Å². The second-order valence-corrected chi connectivity index (χ2v) is 8.66. The van der Waals surface area contributed by atoms with Gasteiger partial charge in [0.1, 0.15) is 5.84 Å². The summed E-state index contributed by atoms with van der Waals surface area (Å²) in [5, 5.41) is 15.6. The Morgan fingerprint density at radius 1 is 0.938 bits per heavy atom. The highest BCUT2D eigenvalue weighted by Gasteiger charge is 2.18. The predicted molar refractivity (Wildman–Crippen MR) is 132 cm³/mol. The normalized spacial score (nSPS) is 13.2. The lowest BCUT2D eigenvalue weighted by Gasteiger charge is -2.13. The molecule has 0 aromatic heterocycles. The van der Waals surface area contributed by atoms with Crippen molar-refractivity contribution in [1.29, 1.82) is 0 Å². The van der Waals surface area contributed by atoms with Crippen LogP contribution in [0.5, 0.6) is 0 Å². The van der Waals surface area contributed by atoms with Gasteiger partial charge in [0, 0.05) is 32.4 Å². The maximum atomic E-state index is 12.2. The Labute approximate surface area is 202 Å². The summed E-state index contributed by atoms with van der Waals surface area (Å²) in [5.41, 5.74) is 0.829. The van der Waals surface area contributed by atoms with Crippen LogP contribution in [0.3, 0.4) is 0 Å².